The first-order valence-corrected chi connectivity index (χ1v) is 6.44. The molecule has 0 amide bonds. The van der Waals surface area contributed by atoms with Crippen molar-refractivity contribution in [1.29, 1.82) is 0 Å². The van der Waals surface area contributed by atoms with Gasteiger partial charge >= 0.3 is 0 Å². The molecule has 0 N–H and O–H groups in total. The predicted octanol–water partition coefficient (Wildman–Crippen LogP) is 2.98. The third kappa shape index (κ3) is 3.10. The summed E-state index contributed by atoms with van der Waals surface area (Å²) in [6.45, 7) is 3.81. The molecule has 0 fully saturated rings. The van der Waals surface area contributed by atoms with Gasteiger partial charge in [0.15, 0.2) is 5.75 Å². The van der Waals surface area contributed by atoms with Crippen LogP contribution in [-0.4, -0.2) is 16.4 Å². The second-order valence-corrected chi connectivity index (χ2v) is 4.65. The van der Waals surface area contributed by atoms with Gasteiger partial charge in [-0.25, -0.2) is 0 Å². The quantitative estimate of drug-likeness (QED) is 0.771. The van der Waals surface area contributed by atoms with Crippen LogP contribution in [0, 0.1) is 0 Å². The van der Waals surface area contributed by atoms with E-state index in [1.807, 2.05) is 10.9 Å². The Hall–Kier alpha value is -1.29. The van der Waals surface area contributed by atoms with Gasteiger partial charge in [-0.05, 0) is 17.9 Å². The van der Waals surface area contributed by atoms with E-state index in [1.165, 1.54) is 4.88 Å². The van der Waals surface area contributed by atoms with Crippen molar-refractivity contribution < 1.29 is 4.74 Å². The Kier molecular flexibility index (Phi) is 3.99. The van der Waals surface area contributed by atoms with E-state index in [4.69, 9.17) is 4.74 Å². The van der Waals surface area contributed by atoms with Crippen LogP contribution in [0.2, 0.25) is 0 Å². The summed E-state index contributed by atoms with van der Waals surface area (Å²) in [6.07, 6.45) is 5.80. The molecular formula is C12H16N2OS. The molecule has 0 atom stereocenters. The molecule has 86 valence electrons. The van der Waals surface area contributed by atoms with E-state index in [9.17, 15) is 0 Å². The maximum atomic E-state index is 5.63. The molecule has 0 saturated heterocycles. The fraction of sp³-hybridized carbons (Fsp3) is 0.417. The van der Waals surface area contributed by atoms with Crippen molar-refractivity contribution in [2.75, 3.05) is 6.61 Å². The van der Waals surface area contributed by atoms with Crippen molar-refractivity contribution in [1.82, 2.24) is 9.78 Å². The molecule has 2 rings (SSSR count). The highest BCUT2D eigenvalue weighted by molar-refractivity contribution is 7.09. The molecule has 0 aliphatic rings. The topological polar surface area (TPSA) is 27.1 Å². The summed E-state index contributed by atoms with van der Waals surface area (Å²) >= 11 is 1.77. The largest absolute Gasteiger partial charge is 0.490 e. The van der Waals surface area contributed by atoms with E-state index in [1.54, 1.807) is 17.5 Å². The molecule has 0 aliphatic heterocycles. The number of aromatic nitrogens is 2. The first-order valence-electron chi connectivity index (χ1n) is 5.56. The lowest BCUT2D eigenvalue weighted by molar-refractivity contribution is 0.322. The van der Waals surface area contributed by atoms with Crippen LogP contribution in [0.1, 0.15) is 18.2 Å². The van der Waals surface area contributed by atoms with Gasteiger partial charge < -0.3 is 4.74 Å². The van der Waals surface area contributed by atoms with E-state index in [0.717, 1.165) is 31.7 Å². The monoisotopic (exact) mass is 236 g/mol. The summed E-state index contributed by atoms with van der Waals surface area (Å²) in [7, 11) is 0. The zero-order chi connectivity index (χ0) is 11.2. The van der Waals surface area contributed by atoms with E-state index in [2.05, 4.69) is 29.5 Å². The third-order valence-corrected chi connectivity index (χ3v) is 3.20. The van der Waals surface area contributed by atoms with Crippen molar-refractivity contribution in [2.45, 2.75) is 26.3 Å². The third-order valence-electron chi connectivity index (χ3n) is 2.26. The lowest BCUT2D eigenvalue weighted by Gasteiger charge is -2.01. The second kappa shape index (κ2) is 5.70. The van der Waals surface area contributed by atoms with Crippen LogP contribution in [0.4, 0.5) is 0 Å². The van der Waals surface area contributed by atoms with Crippen molar-refractivity contribution in [2.24, 2.45) is 0 Å². The maximum absolute atomic E-state index is 5.63. The summed E-state index contributed by atoms with van der Waals surface area (Å²) in [4.78, 5) is 1.36. The highest BCUT2D eigenvalue weighted by atomic mass is 32.1. The first-order chi connectivity index (χ1) is 7.88. The van der Waals surface area contributed by atoms with Gasteiger partial charge in [0.25, 0.3) is 0 Å². The molecule has 0 radical (unpaired) electrons. The van der Waals surface area contributed by atoms with Crippen LogP contribution < -0.4 is 4.74 Å². The second-order valence-electron chi connectivity index (χ2n) is 3.62. The van der Waals surface area contributed by atoms with Crippen LogP contribution in [-0.2, 0) is 13.0 Å². The molecular weight excluding hydrogens is 220 g/mol. The van der Waals surface area contributed by atoms with Crippen molar-refractivity contribution >= 4 is 11.3 Å². The van der Waals surface area contributed by atoms with Crippen molar-refractivity contribution in [3.8, 4) is 5.75 Å². The number of rotatable bonds is 6. The smallest absolute Gasteiger partial charge is 0.157 e. The summed E-state index contributed by atoms with van der Waals surface area (Å²) in [5, 5.41) is 6.31. The predicted molar refractivity (Wildman–Crippen MR) is 66.0 cm³/mol. The van der Waals surface area contributed by atoms with Crippen LogP contribution >= 0.6 is 11.3 Å². The van der Waals surface area contributed by atoms with Gasteiger partial charge in [0.1, 0.15) is 0 Å². The average molecular weight is 236 g/mol. The molecule has 0 saturated carbocycles. The number of nitrogens with zero attached hydrogens (tertiary/aromatic N) is 2. The molecule has 2 aromatic heterocycles. The first kappa shape index (κ1) is 11.2. The Labute approximate surface area is 99.7 Å². The maximum Gasteiger partial charge on any atom is 0.157 e. The summed E-state index contributed by atoms with van der Waals surface area (Å²) in [6, 6.07) is 4.20. The Morgan fingerprint density at radius 3 is 3.19 bits per heavy atom. The zero-order valence-corrected chi connectivity index (χ0v) is 10.2. The number of ether oxygens (including phenoxy) is 1. The van der Waals surface area contributed by atoms with Gasteiger partial charge in [0, 0.05) is 17.8 Å². The molecule has 0 bridgehead atoms. The molecule has 2 heterocycles. The fourth-order valence-electron chi connectivity index (χ4n) is 1.49. The summed E-state index contributed by atoms with van der Waals surface area (Å²) in [5.41, 5.74) is 0. The average Bonchev–Trinajstić information content (AvgIpc) is 2.90. The van der Waals surface area contributed by atoms with E-state index < -0.39 is 0 Å². The summed E-state index contributed by atoms with van der Waals surface area (Å²) < 4.78 is 7.55. The lowest BCUT2D eigenvalue weighted by atomic mass is 10.4. The minimum Gasteiger partial charge on any atom is -0.490 e. The van der Waals surface area contributed by atoms with Gasteiger partial charge in [-0.1, -0.05) is 13.0 Å². The Bertz CT molecular complexity index is 408. The molecule has 3 nitrogen and oxygen atoms in total. The van der Waals surface area contributed by atoms with Crippen molar-refractivity contribution in [3.63, 3.8) is 0 Å². The Morgan fingerprint density at radius 1 is 1.50 bits per heavy atom. The summed E-state index contributed by atoms with van der Waals surface area (Å²) in [5.74, 6) is 0.866. The standard InChI is InChI=1S/C12H16N2OS/c1-2-6-14-10-11(9-13-14)15-7-5-12-4-3-8-16-12/h3-4,8-10H,2,5-7H2,1H3. The molecule has 4 heteroatoms. The van der Waals surface area contributed by atoms with Gasteiger partial charge in [0.05, 0.1) is 19.0 Å². The van der Waals surface area contributed by atoms with E-state index in [-0.39, 0.29) is 0 Å². The lowest BCUT2D eigenvalue weighted by Crippen LogP contribution is -1.99. The highest BCUT2D eigenvalue weighted by Gasteiger charge is 1.99. The van der Waals surface area contributed by atoms with Gasteiger partial charge in [-0.2, -0.15) is 5.10 Å². The van der Waals surface area contributed by atoms with E-state index >= 15 is 0 Å². The van der Waals surface area contributed by atoms with Crippen LogP contribution in [0.5, 0.6) is 5.75 Å². The van der Waals surface area contributed by atoms with Crippen LogP contribution in [0.25, 0.3) is 0 Å². The normalized spacial score (nSPS) is 10.6. The van der Waals surface area contributed by atoms with Gasteiger partial charge in [-0.3, -0.25) is 4.68 Å². The molecule has 2 aromatic rings. The van der Waals surface area contributed by atoms with Gasteiger partial charge in [0.2, 0.25) is 0 Å². The SMILES string of the molecule is CCCn1cc(OCCc2cccs2)cn1. The fourth-order valence-corrected chi connectivity index (χ4v) is 2.19. The number of aryl methyl sites for hydroxylation is 1. The van der Waals surface area contributed by atoms with Crippen molar-refractivity contribution in [3.05, 3.63) is 34.8 Å². The molecule has 0 spiro atoms. The van der Waals surface area contributed by atoms with Crippen LogP contribution in [0.3, 0.4) is 0 Å². The van der Waals surface area contributed by atoms with Gasteiger partial charge in [-0.15, -0.1) is 11.3 Å². The zero-order valence-electron chi connectivity index (χ0n) is 9.43. The number of hydrogen-bond acceptors (Lipinski definition) is 3. The Balaban J connectivity index is 1.76. The Morgan fingerprint density at radius 2 is 2.44 bits per heavy atom. The number of hydrogen-bond donors (Lipinski definition) is 0. The molecule has 16 heavy (non-hydrogen) atoms. The molecule has 0 unspecified atom stereocenters. The minimum atomic E-state index is 0.721. The van der Waals surface area contributed by atoms with E-state index in [0.29, 0.717) is 0 Å². The highest BCUT2D eigenvalue weighted by Crippen LogP contribution is 2.12. The minimum absolute atomic E-state index is 0.721. The molecule has 0 aliphatic carbocycles. The number of thiophene rings is 1. The molecule has 0 aromatic carbocycles. The van der Waals surface area contributed by atoms with Crippen LogP contribution in [0.15, 0.2) is 29.9 Å².